The molecule has 2 aliphatic heterocycles. The molecule has 5 rings (SSSR count). The van der Waals surface area contributed by atoms with Gasteiger partial charge in [0, 0.05) is 47.6 Å². The molecular weight excluding hydrogens is 508 g/mol. The number of fused-ring (bicyclic) bond motifs is 2. The van der Waals surface area contributed by atoms with Crippen LogP contribution in [-0.4, -0.2) is 54.4 Å². The Morgan fingerprint density at radius 2 is 1.85 bits per heavy atom. The third kappa shape index (κ3) is 4.06. The van der Waals surface area contributed by atoms with E-state index in [1.54, 1.807) is 19.1 Å². The number of ketones is 2. The first-order valence-electron chi connectivity index (χ1n) is 13.2. The number of carbonyl (C=O) groups is 5. The summed E-state index contributed by atoms with van der Waals surface area (Å²) < 4.78 is 27.5. The van der Waals surface area contributed by atoms with Gasteiger partial charge < -0.3 is 23.4 Å². The quantitative estimate of drug-likeness (QED) is 0.309. The molecule has 210 valence electrons. The van der Waals surface area contributed by atoms with Crippen LogP contribution in [0.2, 0.25) is 0 Å². The van der Waals surface area contributed by atoms with Gasteiger partial charge in [0.1, 0.15) is 12.2 Å². The molecule has 1 spiro atoms. The van der Waals surface area contributed by atoms with Gasteiger partial charge in [-0.05, 0) is 17.9 Å². The van der Waals surface area contributed by atoms with Gasteiger partial charge in [-0.1, -0.05) is 33.8 Å². The topological polar surface area (TPSA) is 139 Å². The second kappa shape index (κ2) is 9.15. The van der Waals surface area contributed by atoms with E-state index in [1.807, 2.05) is 20.8 Å². The number of ether oxygens (including phenoxy) is 4. The number of hydrogen-bond donors (Lipinski definition) is 0. The van der Waals surface area contributed by atoms with E-state index in [9.17, 15) is 24.0 Å². The molecule has 0 amide bonds. The molecule has 0 radical (unpaired) electrons. The molecule has 0 bridgehead atoms. The molecule has 10 nitrogen and oxygen atoms in total. The molecule has 1 aromatic heterocycles. The highest BCUT2D eigenvalue weighted by Gasteiger charge is 2.76. The molecule has 0 N–H and O–H groups in total. The second-order valence-corrected chi connectivity index (χ2v) is 12.1. The van der Waals surface area contributed by atoms with Gasteiger partial charge >= 0.3 is 17.9 Å². The third-order valence-corrected chi connectivity index (χ3v) is 9.31. The standard InChI is InChI=1S/C29H34O10/c1-14-21(23(26(34)35-6)37-15(2)30)27(3,4)12-17(22(14)33)25-29(39-25)18-11-20(32)38-24(16-8-10-36-13-16)28(18,5)9-7-19(29)31/h8,10,12-14,18,21,23-25H,7,9,11H2,1-6H3. The average Bonchev–Trinajstić information content (AvgIpc) is 3.35. The van der Waals surface area contributed by atoms with Crippen LogP contribution < -0.4 is 0 Å². The Morgan fingerprint density at radius 1 is 1.13 bits per heavy atom. The number of rotatable bonds is 5. The fourth-order valence-electron chi connectivity index (χ4n) is 7.48. The Balaban J connectivity index is 1.52. The summed E-state index contributed by atoms with van der Waals surface area (Å²) >= 11 is 0. The number of hydrogen-bond acceptors (Lipinski definition) is 10. The SMILES string of the molecule is COC(=O)C(OC(C)=O)C1C(C)C(=O)C(C2OC23C(=O)CCC2(C)C(c4ccoc4)OC(=O)CC23)=CC1(C)C. The maximum atomic E-state index is 13.8. The molecule has 1 aromatic rings. The van der Waals surface area contributed by atoms with Crippen molar-refractivity contribution in [2.45, 2.75) is 77.8 Å². The van der Waals surface area contributed by atoms with Crippen LogP contribution in [0.1, 0.15) is 65.5 Å². The zero-order valence-electron chi connectivity index (χ0n) is 23.0. The Kier molecular flexibility index (Phi) is 6.40. The number of cyclic esters (lactones) is 1. The van der Waals surface area contributed by atoms with Crippen molar-refractivity contribution in [3.63, 3.8) is 0 Å². The van der Waals surface area contributed by atoms with Crippen molar-refractivity contribution in [2.24, 2.45) is 28.6 Å². The molecule has 3 heterocycles. The number of furan rings is 1. The molecule has 2 aliphatic carbocycles. The van der Waals surface area contributed by atoms with Gasteiger partial charge in [-0.15, -0.1) is 0 Å². The summed E-state index contributed by atoms with van der Waals surface area (Å²) in [7, 11) is 1.20. The van der Waals surface area contributed by atoms with Gasteiger partial charge in [0.15, 0.2) is 17.2 Å². The lowest BCUT2D eigenvalue weighted by Crippen LogP contribution is -2.56. The molecular formula is C29H34O10. The summed E-state index contributed by atoms with van der Waals surface area (Å²) in [5.74, 6) is -4.24. The van der Waals surface area contributed by atoms with Crippen LogP contribution in [0.15, 0.2) is 34.7 Å². The number of epoxide rings is 1. The van der Waals surface area contributed by atoms with Crippen molar-refractivity contribution in [2.75, 3.05) is 7.11 Å². The number of allylic oxidation sites excluding steroid dienone is 1. The van der Waals surface area contributed by atoms with Crippen LogP contribution in [0.25, 0.3) is 0 Å². The van der Waals surface area contributed by atoms with E-state index in [0.717, 1.165) is 0 Å². The highest BCUT2D eigenvalue weighted by molar-refractivity contribution is 6.04. The van der Waals surface area contributed by atoms with Gasteiger partial charge in [-0.25, -0.2) is 4.79 Å². The Labute approximate surface area is 226 Å². The molecule has 3 fully saturated rings. The van der Waals surface area contributed by atoms with Crippen LogP contribution >= 0.6 is 0 Å². The Bertz CT molecular complexity index is 1260. The van der Waals surface area contributed by atoms with Crippen molar-refractivity contribution in [3.05, 3.63) is 35.8 Å². The summed E-state index contributed by atoms with van der Waals surface area (Å²) in [5, 5.41) is 0. The monoisotopic (exact) mass is 542 g/mol. The first-order chi connectivity index (χ1) is 18.3. The van der Waals surface area contributed by atoms with Gasteiger partial charge in [0.05, 0.1) is 26.1 Å². The molecule has 2 saturated heterocycles. The largest absolute Gasteiger partial charge is 0.472 e. The lowest BCUT2D eigenvalue weighted by atomic mass is 9.54. The number of esters is 3. The summed E-state index contributed by atoms with van der Waals surface area (Å²) in [4.78, 5) is 64.6. The van der Waals surface area contributed by atoms with Crippen LogP contribution in [-0.2, 0) is 42.9 Å². The molecule has 8 unspecified atom stereocenters. The van der Waals surface area contributed by atoms with Gasteiger partial charge in [-0.3, -0.25) is 19.2 Å². The predicted octanol–water partition coefficient (Wildman–Crippen LogP) is 3.28. The van der Waals surface area contributed by atoms with E-state index in [4.69, 9.17) is 23.4 Å². The molecule has 39 heavy (non-hydrogen) atoms. The number of methoxy groups -OCH3 is 1. The molecule has 4 aliphatic rings. The minimum absolute atomic E-state index is 0.00694. The van der Waals surface area contributed by atoms with Crippen molar-refractivity contribution in [3.8, 4) is 0 Å². The Hall–Kier alpha value is -3.27. The van der Waals surface area contributed by atoms with Crippen molar-refractivity contribution >= 4 is 29.5 Å². The molecule has 0 aromatic carbocycles. The summed E-state index contributed by atoms with van der Waals surface area (Å²) in [5.41, 5.74) is -1.70. The summed E-state index contributed by atoms with van der Waals surface area (Å²) in [6.45, 7) is 8.55. The lowest BCUT2D eigenvalue weighted by Gasteiger charge is -2.51. The van der Waals surface area contributed by atoms with Crippen LogP contribution in [0.5, 0.6) is 0 Å². The predicted molar refractivity (Wildman–Crippen MR) is 133 cm³/mol. The molecule has 8 atom stereocenters. The average molecular weight is 543 g/mol. The third-order valence-electron chi connectivity index (χ3n) is 9.31. The van der Waals surface area contributed by atoms with Crippen LogP contribution in [0.3, 0.4) is 0 Å². The zero-order chi connectivity index (χ0) is 28.5. The second-order valence-electron chi connectivity index (χ2n) is 12.1. The van der Waals surface area contributed by atoms with Gasteiger partial charge in [-0.2, -0.15) is 0 Å². The Morgan fingerprint density at radius 3 is 2.46 bits per heavy atom. The van der Waals surface area contributed by atoms with E-state index >= 15 is 0 Å². The summed E-state index contributed by atoms with van der Waals surface area (Å²) in [6, 6.07) is 1.75. The molecule has 10 heteroatoms. The van der Waals surface area contributed by atoms with Gasteiger partial charge in [0.2, 0.25) is 6.10 Å². The van der Waals surface area contributed by atoms with E-state index in [0.29, 0.717) is 17.6 Å². The maximum absolute atomic E-state index is 13.8. The molecule has 1 saturated carbocycles. The van der Waals surface area contributed by atoms with Crippen molar-refractivity contribution in [1.82, 2.24) is 0 Å². The van der Waals surface area contributed by atoms with Crippen LogP contribution in [0.4, 0.5) is 0 Å². The first kappa shape index (κ1) is 27.3. The fourth-order valence-corrected chi connectivity index (χ4v) is 7.48. The lowest BCUT2D eigenvalue weighted by molar-refractivity contribution is -0.187. The summed E-state index contributed by atoms with van der Waals surface area (Å²) in [6.07, 6.45) is 2.77. The fraction of sp³-hybridized carbons (Fsp3) is 0.621. The number of Topliss-reactive ketones (excluding diaryl/α,β-unsaturated/α-hetero) is 2. The zero-order valence-corrected chi connectivity index (χ0v) is 23.0. The van der Waals surface area contributed by atoms with Crippen molar-refractivity contribution in [1.29, 1.82) is 0 Å². The minimum atomic E-state index is -1.32. The van der Waals surface area contributed by atoms with Gasteiger partial charge in [0.25, 0.3) is 0 Å². The normalized spacial score (nSPS) is 37.8. The van der Waals surface area contributed by atoms with E-state index in [2.05, 4.69) is 0 Å². The van der Waals surface area contributed by atoms with E-state index in [-0.39, 0.29) is 24.4 Å². The maximum Gasteiger partial charge on any atom is 0.347 e. The first-order valence-corrected chi connectivity index (χ1v) is 13.2. The highest BCUT2D eigenvalue weighted by Crippen LogP contribution is 2.66. The smallest absolute Gasteiger partial charge is 0.347 e. The van der Waals surface area contributed by atoms with Crippen LogP contribution in [0, 0.1) is 28.6 Å². The van der Waals surface area contributed by atoms with E-state index in [1.165, 1.54) is 26.6 Å². The van der Waals surface area contributed by atoms with E-state index < -0.39 is 70.4 Å². The number of carbonyl (C=O) groups excluding carboxylic acids is 5. The highest BCUT2D eigenvalue weighted by atomic mass is 16.6. The minimum Gasteiger partial charge on any atom is -0.472 e. The van der Waals surface area contributed by atoms with Crippen molar-refractivity contribution < 1.29 is 47.3 Å².